The summed E-state index contributed by atoms with van der Waals surface area (Å²) >= 11 is 0. The first-order chi connectivity index (χ1) is 7.21. The highest BCUT2D eigenvalue weighted by Gasteiger charge is 2.06. The van der Waals surface area contributed by atoms with Crippen LogP contribution in [0.3, 0.4) is 0 Å². The van der Waals surface area contributed by atoms with E-state index in [-0.39, 0.29) is 5.78 Å². The lowest BCUT2D eigenvalue weighted by Crippen LogP contribution is -1.96. The smallest absolute Gasteiger partial charge is 0.185 e. The maximum absolute atomic E-state index is 11.6. The molecule has 0 fully saturated rings. The Hall–Kier alpha value is -1.77. The molecule has 0 aliphatic carbocycles. The molecule has 0 heterocycles. The lowest BCUT2D eigenvalue weighted by atomic mass is 10.1. The minimum atomic E-state index is -0.0605. The van der Waals surface area contributed by atoms with E-state index in [9.17, 15) is 4.79 Å². The van der Waals surface area contributed by atoms with Gasteiger partial charge in [-0.2, -0.15) is 0 Å². The van der Waals surface area contributed by atoms with Crippen molar-refractivity contribution in [3.05, 3.63) is 35.9 Å². The minimum absolute atomic E-state index is 0.0605. The third kappa shape index (κ3) is 2.84. The number of carbonyl (C=O) groups excluding carboxylic acids is 1. The van der Waals surface area contributed by atoms with Crippen LogP contribution >= 0.6 is 0 Å². The third-order valence-electron chi connectivity index (χ3n) is 1.95. The van der Waals surface area contributed by atoms with Crippen molar-refractivity contribution in [2.75, 3.05) is 14.2 Å². The van der Waals surface area contributed by atoms with E-state index < -0.39 is 0 Å². The molecule has 0 spiro atoms. The normalized spacial score (nSPS) is 10.3. The van der Waals surface area contributed by atoms with Crippen molar-refractivity contribution in [2.24, 2.45) is 0 Å². The maximum atomic E-state index is 11.6. The predicted octanol–water partition coefficient (Wildman–Crippen LogP) is 2.46. The molecule has 0 atom stereocenters. The average Bonchev–Trinajstić information content (AvgIpc) is 2.28. The number of ether oxygens (including phenoxy) is 2. The Morgan fingerprint density at radius 1 is 1.13 bits per heavy atom. The Morgan fingerprint density at radius 2 is 1.67 bits per heavy atom. The number of carbonyl (C=O) groups is 1. The van der Waals surface area contributed by atoms with Crippen LogP contribution in [0.15, 0.2) is 30.4 Å². The molecule has 3 heteroatoms. The van der Waals surface area contributed by atoms with Crippen LogP contribution in [0.2, 0.25) is 0 Å². The van der Waals surface area contributed by atoms with Crippen LogP contribution in [0, 0.1) is 0 Å². The Labute approximate surface area is 89.3 Å². The summed E-state index contributed by atoms with van der Waals surface area (Å²) in [7, 11) is 3.11. The fourth-order valence-corrected chi connectivity index (χ4v) is 1.20. The van der Waals surface area contributed by atoms with Crippen molar-refractivity contribution in [1.82, 2.24) is 0 Å². The van der Waals surface area contributed by atoms with Gasteiger partial charge in [-0.15, -0.1) is 0 Å². The van der Waals surface area contributed by atoms with E-state index in [1.165, 1.54) is 6.08 Å². The minimum Gasteiger partial charge on any atom is -0.497 e. The van der Waals surface area contributed by atoms with Crippen LogP contribution in [0.25, 0.3) is 0 Å². The molecule has 0 unspecified atom stereocenters. The summed E-state index contributed by atoms with van der Waals surface area (Å²) in [5.41, 5.74) is 0.560. The third-order valence-corrected chi connectivity index (χ3v) is 1.95. The Morgan fingerprint density at radius 3 is 2.07 bits per heavy atom. The Kier molecular flexibility index (Phi) is 3.92. The van der Waals surface area contributed by atoms with Gasteiger partial charge in [-0.3, -0.25) is 4.79 Å². The van der Waals surface area contributed by atoms with Crippen molar-refractivity contribution in [1.29, 1.82) is 0 Å². The lowest BCUT2D eigenvalue weighted by molar-refractivity contribution is 0.104. The molecule has 0 saturated carbocycles. The summed E-state index contributed by atoms with van der Waals surface area (Å²) in [6, 6.07) is 5.10. The van der Waals surface area contributed by atoms with Gasteiger partial charge in [0.25, 0.3) is 0 Å². The largest absolute Gasteiger partial charge is 0.497 e. The SMILES string of the molecule is CC=CC(=O)c1cc(OC)cc(OC)c1. The molecule has 1 aromatic rings. The summed E-state index contributed by atoms with van der Waals surface area (Å²) in [4.78, 5) is 11.6. The standard InChI is InChI=1S/C12H14O3/c1-4-5-12(13)9-6-10(14-2)8-11(7-9)15-3/h4-8H,1-3H3. The van der Waals surface area contributed by atoms with E-state index in [1.54, 1.807) is 45.4 Å². The molecule has 1 rings (SSSR count). The predicted molar refractivity (Wildman–Crippen MR) is 58.7 cm³/mol. The number of hydrogen-bond acceptors (Lipinski definition) is 3. The van der Waals surface area contributed by atoms with Gasteiger partial charge in [-0.05, 0) is 25.1 Å². The Balaban J connectivity index is 3.11. The lowest BCUT2D eigenvalue weighted by Gasteiger charge is -2.06. The highest BCUT2D eigenvalue weighted by Crippen LogP contribution is 2.22. The molecule has 0 aromatic heterocycles. The molecule has 0 radical (unpaired) electrons. The van der Waals surface area contributed by atoms with E-state index in [4.69, 9.17) is 9.47 Å². The van der Waals surface area contributed by atoms with Crippen LogP contribution in [-0.4, -0.2) is 20.0 Å². The monoisotopic (exact) mass is 206 g/mol. The first-order valence-electron chi connectivity index (χ1n) is 4.61. The number of ketones is 1. The van der Waals surface area contributed by atoms with Crippen LogP contribution in [0.4, 0.5) is 0 Å². The zero-order valence-corrected chi connectivity index (χ0v) is 9.11. The van der Waals surface area contributed by atoms with Gasteiger partial charge >= 0.3 is 0 Å². The average molecular weight is 206 g/mol. The molecule has 1 aromatic carbocycles. The van der Waals surface area contributed by atoms with Gasteiger partial charge in [0, 0.05) is 11.6 Å². The van der Waals surface area contributed by atoms with E-state index in [1.807, 2.05) is 0 Å². The van der Waals surface area contributed by atoms with Gasteiger partial charge < -0.3 is 9.47 Å². The van der Waals surface area contributed by atoms with E-state index in [2.05, 4.69) is 0 Å². The fourth-order valence-electron chi connectivity index (χ4n) is 1.20. The molecule has 0 saturated heterocycles. The van der Waals surface area contributed by atoms with Gasteiger partial charge in [0.05, 0.1) is 14.2 Å². The van der Waals surface area contributed by atoms with Crippen molar-refractivity contribution in [3.8, 4) is 11.5 Å². The van der Waals surface area contributed by atoms with Crippen LogP contribution in [-0.2, 0) is 0 Å². The summed E-state index contributed by atoms with van der Waals surface area (Å²) in [6.07, 6.45) is 3.21. The van der Waals surface area contributed by atoms with Crippen LogP contribution in [0.5, 0.6) is 11.5 Å². The van der Waals surface area contributed by atoms with Crippen molar-refractivity contribution >= 4 is 5.78 Å². The van der Waals surface area contributed by atoms with E-state index >= 15 is 0 Å². The zero-order valence-electron chi connectivity index (χ0n) is 9.11. The Bertz CT molecular complexity index is 358. The fraction of sp³-hybridized carbons (Fsp3) is 0.250. The molecular weight excluding hydrogens is 192 g/mol. The first-order valence-corrected chi connectivity index (χ1v) is 4.61. The van der Waals surface area contributed by atoms with Crippen molar-refractivity contribution < 1.29 is 14.3 Å². The zero-order chi connectivity index (χ0) is 11.3. The number of benzene rings is 1. The van der Waals surface area contributed by atoms with Gasteiger partial charge in [0.2, 0.25) is 0 Å². The molecule has 0 N–H and O–H groups in total. The highest BCUT2D eigenvalue weighted by molar-refractivity contribution is 6.05. The quantitative estimate of drug-likeness (QED) is 0.560. The van der Waals surface area contributed by atoms with Crippen LogP contribution in [0.1, 0.15) is 17.3 Å². The van der Waals surface area contributed by atoms with E-state index in [0.717, 1.165) is 0 Å². The second-order valence-electron chi connectivity index (χ2n) is 2.97. The molecule has 0 amide bonds. The maximum Gasteiger partial charge on any atom is 0.185 e. The summed E-state index contributed by atoms with van der Waals surface area (Å²) < 4.78 is 10.1. The molecule has 0 aliphatic heterocycles. The second kappa shape index (κ2) is 5.20. The van der Waals surface area contributed by atoms with Crippen molar-refractivity contribution in [2.45, 2.75) is 6.92 Å². The molecule has 15 heavy (non-hydrogen) atoms. The van der Waals surface area contributed by atoms with Crippen molar-refractivity contribution in [3.63, 3.8) is 0 Å². The number of methoxy groups -OCH3 is 2. The molecule has 3 nitrogen and oxygen atoms in total. The highest BCUT2D eigenvalue weighted by atomic mass is 16.5. The number of hydrogen-bond donors (Lipinski definition) is 0. The second-order valence-corrected chi connectivity index (χ2v) is 2.97. The number of rotatable bonds is 4. The number of allylic oxidation sites excluding steroid dienone is 2. The summed E-state index contributed by atoms with van der Waals surface area (Å²) in [5.74, 6) is 1.17. The molecule has 80 valence electrons. The molecule has 0 aliphatic rings. The van der Waals surface area contributed by atoms with Crippen LogP contribution < -0.4 is 9.47 Å². The molecule has 0 bridgehead atoms. The first kappa shape index (κ1) is 11.3. The van der Waals surface area contributed by atoms with Gasteiger partial charge in [0.1, 0.15) is 11.5 Å². The van der Waals surface area contributed by atoms with Gasteiger partial charge in [-0.25, -0.2) is 0 Å². The summed E-state index contributed by atoms with van der Waals surface area (Å²) in [5, 5.41) is 0. The summed E-state index contributed by atoms with van der Waals surface area (Å²) in [6.45, 7) is 1.80. The van der Waals surface area contributed by atoms with Gasteiger partial charge in [0.15, 0.2) is 5.78 Å². The topological polar surface area (TPSA) is 35.5 Å². The van der Waals surface area contributed by atoms with E-state index in [0.29, 0.717) is 17.1 Å². The van der Waals surface area contributed by atoms with Gasteiger partial charge in [-0.1, -0.05) is 6.08 Å². The molecular formula is C12H14O3.